The molecule has 0 atom stereocenters. The first kappa shape index (κ1) is 12.3. The summed E-state index contributed by atoms with van der Waals surface area (Å²) in [5, 5.41) is 0. The summed E-state index contributed by atoms with van der Waals surface area (Å²) < 4.78 is 10.2. The van der Waals surface area contributed by atoms with Gasteiger partial charge in [-0.25, -0.2) is 4.79 Å². The van der Waals surface area contributed by atoms with Gasteiger partial charge in [0, 0.05) is 13.0 Å². The maximum Gasteiger partial charge on any atom is 0.510 e. The van der Waals surface area contributed by atoms with Crippen LogP contribution < -0.4 is 0 Å². The maximum atomic E-state index is 11.4. The maximum absolute atomic E-state index is 11.4. The second kappa shape index (κ2) is 4.84. The second-order valence-corrected chi connectivity index (χ2v) is 4.84. The third kappa shape index (κ3) is 4.51. The molecule has 0 unspecified atom stereocenters. The first-order chi connectivity index (χ1) is 6.88. The van der Waals surface area contributed by atoms with Crippen molar-refractivity contribution in [2.45, 2.75) is 45.6 Å². The van der Waals surface area contributed by atoms with Gasteiger partial charge in [-0.3, -0.25) is 4.90 Å². The number of likely N-dealkylation sites (tertiary alicyclic amines) is 1. The number of carbonyl (C=O) groups is 1. The molecule has 4 nitrogen and oxygen atoms in total. The Labute approximate surface area is 91.5 Å². The zero-order chi connectivity index (χ0) is 11.5. The predicted molar refractivity (Wildman–Crippen MR) is 57.0 cm³/mol. The molecule has 0 spiro atoms. The third-order valence-electron chi connectivity index (χ3n) is 2.15. The van der Waals surface area contributed by atoms with Gasteiger partial charge in [-0.1, -0.05) is 0 Å². The monoisotopic (exact) mass is 214 g/mol. The molecule has 1 aliphatic rings. The second-order valence-electron chi connectivity index (χ2n) is 4.84. The molecule has 1 rings (SSSR count). The van der Waals surface area contributed by atoms with Crippen molar-refractivity contribution in [3.8, 4) is 0 Å². The minimum Gasteiger partial charge on any atom is -0.429 e. The molecule has 1 aliphatic heterocycles. The summed E-state index contributed by atoms with van der Waals surface area (Å²) in [7, 11) is 1.93. The van der Waals surface area contributed by atoms with E-state index in [1.807, 2.05) is 32.7 Å². The van der Waals surface area contributed by atoms with Crippen molar-refractivity contribution >= 4 is 6.16 Å². The third-order valence-corrected chi connectivity index (χ3v) is 2.15. The van der Waals surface area contributed by atoms with Crippen molar-refractivity contribution in [3.63, 3.8) is 0 Å². The lowest BCUT2D eigenvalue weighted by atomic mass is 10.1. The van der Waals surface area contributed by atoms with Crippen molar-refractivity contribution in [2.75, 3.05) is 13.6 Å². The molecule has 15 heavy (non-hydrogen) atoms. The number of nitrogens with zero attached hydrogens (tertiary/aromatic N) is 1. The molecule has 1 radical (unpaired) electrons. The molecule has 1 heterocycles. The highest BCUT2D eigenvalue weighted by atomic mass is 16.7. The summed E-state index contributed by atoms with van der Waals surface area (Å²) in [6.07, 6.45) is 3.15. The predicted octanol–water partition coefficient (Wildman–Crippen LogP) is 2.54. The van der Waals surface area contributed by atoms with Crippen molar-refractivity contribution in [2.24, 2.45) is 0 Å². The van der Waals surface area contributed by atoms with E-state index in [9.17, 15) is 4.79 Å². The summed E-state index contributed by atoms with van der Waals surface area (Å²) in [6, 6.07) is 0. The first-order valence-electron chi connectivity index (χ1n) is 5.36. The Bertz CT molecular complexity index is 222. The molecule has 1 fully saturated rings. The molecule has 0 aromatic carbocycles. The van der Waals surface area contributed by atoms with Crippen LogP contribution in [0.4, 0.5) is 4.79 Å². The molecule has 0 aliphatic carbocycles. The number of rotatable bonds is 1. The molecule has 4 heteroatoms. The number of ether oxygens (including phenoxy) is 2. The van der Waals surface area contributed by atoms with Crippen molar-refractivity contribution in [3.05, 3.63) is 6.23 Å². The highest BCUT2D eigenvalue weighted by molar-refractivity contribution is 5.61. The Morgan fingerprint density at radius 3 is 2.53 bits per heavy atom. The van der Waals surface area contributed by atoms with Crippen LogP contribution in [0.5, 0.6) is 0 Å². The van der Waals surface area contributed by atoms with Crippen LogP contribution >= 0.6 is 0 Å². The van der Waals surface area contributed by atoms with Crippen LogP contribution in [0.3, 0.4) is 0 Å². The van der Waals surface area contributed by atoms with E-state index in [0.717, 1.165) is 32.0 Å². The van der Waals surface area contributed by atoms with E-state index in [1.54, 1.807) is 0 Å². The van der Waals surface area contributed by atoms with E-state index in [1.165, 1.54) is 0 Å². The zero-order valence-corrected chi connectivity index (χ0v) is 10.0. The van der Waals surface area contributed by atoms with Gasteiger partial charge in [0.1, 0.15) is 5.60 Å². The zero-order valence-electron chi connectivity index (χ0n) is 10.0. The van der Waals surface area contributed by atoms with Crippen LogP contribution in [0, 0.1) is 6.23 Å². The molecule has 87 valence electrons. The lowest BCUT2D eigenvalue weighted by Gasteiger charge is -2.30. The van der Waals surface area contributed by atoms with Crippen molar-refractivity contribution < 1.29 is 14.3 Å². The Morgan fingerprint density at radius 1 is 1.33 bits per heavy atom. The van der Waals surface area contributed by atoms with Crippen LogP contribution in [0.2, 0.25) is 0 Å². The number of hydrogen-bond donors (Lipinski definition) is 0. The topological polar surface area (TPSA) is 38.8 Å². The van der Waals surface area contributed by atoms with Gasteiger partial charge >= 0.3 is 6.16 Å². The minimum atomic E-state index is -0.605. The molecule has 0 aromatic rings. The molecule has 1 saturated heterocycles. The smallest absolute Gasteiger partial charge is 0.429 e. The Balaban J connectivity index is 2.36. The van der Waals surface area contributed by atoms with E-state index < -0.39 is 11.8 Å². The molecule has 0 N–H and O–H groups in total. The Morgan fingerprint density at radius 2 is 2.00 bits per heavy atom. The van der Waals surface area contributed by atoms with Gasteiger partial charge in [0.15, 0.2) is 0 Å². The summed E-state index contributed by atoms with van der Waals surface area (Å²) in [5.41, 5.74) is -0.495. The standard InChI is InChI=1S/C11H20NO3/c1-11(2,3)15-10(13)14-9-7-5-6-8-12(9)4/h5-8H2,1-4H3. The quantitative estimate of drug-likeness (QED) is 0.629. The largest absolute Gasteiger partial charge is 0.510 e. The lowest BCUT2D eigenvalue weighted by molar-refractivity contribution is -0.0306. The van der Waals surface area contributed by atoms with E-state index in [4.69, 9.17) is 9.47 Å². The molecular formula is C11H20NO3. The average Bonchev–Trinajstić information content (AvgIpc) is 2.05. The number of carbonyl (C=O) groups excluding carboxylic acids is 1. The molecule has 0 aromatic heterocycles. The summed E-state index contributed by atoms with van der Waals surface area (Å²) in [5.74, 6) is 0. The molecule has 0 saturated carbocycles. The van der Waals surface area contributed by atoms with E-state index in [2.05, 4.69) is 0 Å². The highest BCUT2D eigenvalue weighted by Crippen LogP contribution is 2.23. The highest BCUT2D eigenvalue weighted by Gasteiger charge is 2.27. The van der Waals surface area contributed by atoms with Crippen LogP contribution in [-0.2, 0) is 9.47 Å². The van der Waals surface area contributed by atoms with E-state index in [0.29, 0.717) is 0 Å². The summed E-state index contributed by atoms with van der Waals surface area (Å²) >= 11 is 0. The van der Waals surface area contributed by atoms with Gasteiger partial charge in [0.25, 0.3) is 0 Å². The van der Waals surface area contributed by atoms with Crippen LogP contribution in [0.1, 0.15) is 40.0 Å². The normalized spacial score (nSPS) is 20.0. The molecule has 0 amide bonds. The number of piperidine rings is 1. The van der Waals surface area contributed by atoms with Crippen LogP contribution in [0.25, 0.3) is 0 Å². The fourth-order valence-electron chi connectivity index (χ4n) is 1.44. The van der Waals surface area contributed by atoms with Gasteiger partial charge in [-0.2, -0.15) is 0 Å². The van der Waals surface area contributed by atoms with Gasteiger partial charge in [-0.05, 0) is 40.7 Å². The van der Waals surface area contributed by atoms with Gasteiger partial charge in [0.2, 0.25) is 6.23 Å². The Kier molecular flexibility index (Phi) is 3.97. The SMILES string of the molecule is CN1CCCC[C]1OC(=O)OC(C)(C)C. The fraction of sp³-hybridized carbons (Fsp3) is 0.818. The first-order valence-corrected chi connectivity index (χ1v) is 5.36. The van der Waals surface area contributed by atoms with Gasteiger partial charge < -0.3 is 9.47 Å². The Hall–Kier alpha value is -0.770. The molecular weight excluding hydrogens is 194 g/mol. The minimum absolute atomic E-state index is 0.495. The number of hydrogen-bond acceptors (Lipinski definition) is 4. The van der Waals surface area contributed by atoms with Crippen molar-refractivity contribution in [1.29, 1.82) is 0 Å². The van der Waals surface area contributed by atoms with Crippen LogP contribution in [-0.4, -0.2) is 30.2 Å². The van der Waals surface area contributed by atoms with Gasteiger partial charge in [-0.15, -0.1) is 0 Å². The fourth-order valence-corrected chi connectivity index (χ4v) is 1.44. The summed E-state index contributed by atoms with van der Waals surface area (Å²) in [4.78, 5) is 13.3. The molecule has 0 bridgehead atoms. The lowest BCUT2D eigenvalue weighted by Crippen LogP contribution is -2.34. The summed E-state index contributed by atoms with van der Waals surface area (Å²) in [6.45, 7) is 6.41. The van der Waals surface area contributed by atoms with Crippen molar-refractivity contribution in [1.82, 2.24) is 4.90 Å². The van der Waals surface area contributed by atoms with Gasteiger partial charge in [0.05, 0.1) is 0 Å². The van der Waals surface area contributed by atoms with Crippen LogP contribution in [0.15, 0.2) is 0 Å². The van der Waals surface area contributed by atoms with E-state index in [-0.39, 0.29) is 0 Å². The average molecular weight is 214 g/mol. The van der Waals surface area contributed by atoms with E-state index >= 15 is 0 Å².